The summed E-state index contributed by atoms with van der Waals surface area (Å²) in [5.74, 6) is 0. The summed E-state index contributed by atoms with van der Waals surface area (Å²) >= 11 is 12.0. The summed E-state index contributed by atoms with van der Waals surface area (Å²) in [5, 5.41) is 18.6. The molecule has 0 aliphatic rings. The van der Waals surface area contributed by atoms with E-state index in [4.69, 9.17) is 28.6 Å². The molecule has 6 heteroatoms. The van der Waals surface area contributed by atoms with Crippen LogP contribution in [-0.2, 0) is 13.1 Å². The maximum Gasteiger partial charge on any atom is 0.203 e. The van der Waals surface area contributed by atoms with Gasteiger partial charge in [0.1, 0.15) is 0 Å². The maximum absolute atomic E-state index is 9.22. The van der Waals surface area contributed by atoms with Crippen LogP contribution in [0.15, 0.2) is 42.5 Å². The number of aliphatic hydroxyl groups is 1. The summed E-state index contributed by atoms with van der Waals surface area (Å²) in [6.45, 7) is 0.916. The lowest BCUT2D eigenvalue weighted by atomic mass is 10.2. The molecule has 1 heterocycles. The summed E-state index contributed by atoms with van der Waals surface area (Å²) in [7, 11) is 0. The third-order valence-electron chi connectivity index (χ3n) is 3.62. The topological polar surface area (TPSA) is 53.9 Å². The molecule has 2 N–H and O–H groups in total. The largest absolute Gasteiger partial charge is 0.395 e. The van der Waals surface area contributed by atoms with Crippen molar-refractivity contribution in [3.05, 3.63) is 63.7 Å². The van der Waals surface area contributed by atoms with Gasteiger partial charge < -0.3 is 14.2 Å². The van der Waals surface area contributed by atoms with Gasteiger partial charge in [-0.3, -0.25) is 5.41 Å². The molecule has 0 saturated carbocycles. The second-order valence-corrected chi connectivity index (χ2v) is 5.84. The Hall–Kier alpha value is -1.75. The summed E-state index contributed by atoms with van der Waals surface area (Å²) in [6, 6.07) is 13.3. The number of para-hydroxylation sites is 2. The Balaban J connectivity index is 2.12. The van der Waals surface area contributed by atoms with Crippen LogP contribution in [0.2, 0.25) is 10.0 Å². The molecule has 0 amide bonds. The van der Waals surface area contributed by atoms with Crippen LogP contribution in [0.3, 0.4) is 0 Å². The highest BCUT2D eigenvalue weighted by Crippen LogP contribution is 2.23. The molecular weight excluding hydrogens is 321 g/mol. The van der Waals surface area contributed by atoms with E-state index in [-0.39, 0.29) is 6.61 Å². The fourth-order valence-corrected chi connectivity index (χ4v) is 2.92. The first-order valence-corrected chi connectivity index (χ1v) is 7.65. The number of imidazole rings is 1. The Morgan fingerprint density at radius 3 is 2.27 bits per heavy atom. The number of nitrogens with zero attached hydrogens (tertiary/aromatic N) is 2. The van der Waals surface area contributed by atoms with Gasteiger partial charge in [0.25, 0.3) is 0 Å². The van der Waals surface area contributed by atoms with Gasteiger partial charge in [-0.1, -0.05) is 41.4 Å². The lowest BCUT2D eigenvalue weighted by molar-refractivity contribution is 0.274. The fraction of sp³-hybridized carbons (Fsp3) is 0.188. The van der Waals surface area contributed by atoms with Gasteiger partial charge in [-0.25, -0.2) is 0 Å². The fourth-order valence-electron chi connectivity index (χ4n) is 2.60. The highest BCUT2D eigenvalue weighted by Gasteiger charge is 2.11. The van der Waals surface area contributed by atoms with E-state index in [1.54, 1.807) is 10.6 Å². The van der Waals surface area contributed by atoms with Crippen LogP contribution in [0.1, 0.15) is 5.56 Å². The van der Waals surface area contributed by atoms with Crippen LogP contribution >= 0.6 is 23.2 Å². The van der Waals surface area contributed by atoms with Crippen LogP contribution in [0.4, 0.5) is 0 Å². The van der Waals surface area contributed by atoms with Crippen LogP contribution in [0, 0.1) is 5.41 Å². The zero-order chi connectivity index (χ0) is 15.7. The number of aromatic nitrogens is 2. The minimum absolute atomic E-state index is 0.00265. The number of hydrogen-bond acceptors (Lipinski definition) is 2. The predicted molar refractivity (Wildman–Crippen MR) is 88.4 cm³/mol. The first-order valence-electron chi connectivity index (χ1n) is 6.89. The molecule has 0 atom stereocenters. The monoisotopic (exact) mass is 335 g/mol. The average Bonchev–Trinajstić information content (AvgIpc) is 2.77. The molecule has 0 fully saturated rings. The van der Waals surface area contributed by atoms with E-state index in [0.717, 1.165) is 16.6 Å². The van der Waals surface area contributed by atoms with Crippen molar-refractivity contribution in [3.63, 3.8) is 0 Å². The van der Waals surface area contributed by atoms with Gasteiger partial charge in [0, 0.05) is 6.54 Å². The molecule has 22 heavy (non-hydrogen) atoms. The van der Waals surface area contributed by atoms with Gasteiger partial charge >= 0.3 is 0 Å². The van der Waals surface area contributed by atoms with Crippen molar-refractivity contribution in [2.45, 2.75) is 13.1 Å². The summed E-state index contributed by atoms with van der Waals surface area (Å²) < 4.78 is 3.69. The average molecular weight is 336 g/mol. The molecule has 0 saturated heterocycles. The SMILES string of the molecule is N=c1n(CCO)c2ccccc2n1Cc1ccc(Cl)c(Cl)c1. The Morgan fingerprint density at radius 1 is 0.955 bits per heavy atom. The smallest absolute Gasteiger partial charge is 0.203 e. The molecule has 2 aromatic carbocycles. The number of aliphatic hydroxyl groups excluding tert-OH is 1. The summed E-state index contributed by atoms with van der Waals surface area (Å²) in [4.78, 5) is 0. The van der Waals surface area contributed by atoms with Crippen molar-refractivity contribution in [3.8, 4) is 0 Å². The summed E-state index contributed by atoms with van der Waals surface area (Å²) in [6.07, 6.45) is 0. The van der Waals surface area contributed by atoms with Crippen molar-refractivity contribution in [2.75, 3.05) is 6.61 Å². The molecular formula is C16H15Cl2N3O. The molecule has 0 bridgehead atoms. The van der Waals surface area contributed by atoms with Crippen molar-refractivity contribution < 1.29 is 5.11 Å². The molecule has 4 nitrogen and oxygen atoms in total. The highest BCUT2D eigenvalue weighted by atomic mass is 35.5. The van der Waals surface area contributed by atoms with Crippen molar-refractivity contribution >= 4 is 34.2 Å². The number of nitrogens with one attached hydrogen (secondary N) is 1. The Morgan fingerprint density at radius 2 is 1.64 bits per heavy atom. The van der Waals surface area contributed by atoms with Gasteiger partial charge in [-0.05, 0) is 29.8 Å². The van der Waals surface area contributed by atoms with E-state index < -0.39 is 0 Å². The van der Waals surface area contributed by atoms with Gasteiger partial charge in [0.15, 0.2) is 0 Å². The highest BCUT2D eigenvalue weighted by molar-refractivity contribution is 6.42. The molecule has 0 spiro atoms. The molecule has 0 unspecified atom stereocenters. The van der Waals surface area contributed by atoms with E-state index >= 15 is 0 Å². The Kier molecular flexibility index (Phi) is 4.25. The quantitative estimate of drug-likeness (QED) is 0.755. The minimum Gasteiger partial charge on any atom is -0.395 e. The minimum atomic E-state index is -0.00265. The number of halogens is 2. The normalized spacial score (nSPS) is 11.2. The van der Waals surface area contributed by atoms with E-state index in [1.807, 2.05) is 41.0 Å². The Labute approximate surface area is 137 Å². The van der Waals surface area contributed by atoms with E-state index in [0.29, 0.717) is 28.8 Å². The standard InChI is InChI=1S/C16H15Cl2N3O/c17-12-6-5-11(9-13(12)18)10-21-15-4-2-1-3-14(15)20(7-8-22)16(21)19/h1-6,9,19,22H,7-8,10H2. The van der Waals surface area contributed by atoms with Crippen LogP contribution in [-0.4, -0.2) is 20.8 Å². The first-order chi connectivity index (χ1) is 10.6. The second kappa shape index (κ2) is 6.16. The molecule has 0 radical (unpaired) electrons. The van der Waals surface area contributed by atoms with Crippen molar-refractivity contribution in [1.29, 1.82) is 5.41 Å². The molecule has 1 aromatic heterocycles. The second-order valence-electron chi connectivity index (χ2n) is 5.02. The number of hydrogen-bond donors (Lipinski definition) is 2. The van der Waals surface area contributed by atoms with Crippen LogP contribution < -0.4 is 5.62 Å². The third kappa shape index (κ3) is 2.65. The zero-order valence-corrected chi connectivity index (χ0v) is 13.3. The summed E-state index contributed by atoms with van der Waals surface area (Å²) in [5.41, 5.74) is 3.20. The first kappa shape index (κ1) is 15.2. The zero-order valence-electron chi connectivity index (χ0n) is 11.8. The van der Waals surface area contributed by atoms with Gasteiger partial charge in [0.2, 0.25) is 5.62 Å². The van der Waals surface area contributed by atoms with E-state index in [1.165, 1.54) is 0 Å². The molecule has 3 aromatic rings. The van der Waals surface area contributed by atoms with Gasteiger partial charge in [-0.15, -0.1) is 0 Å². The van der Waals surface area contributed by atoms with Crippen LogP contribution in [0.5, 0.6) is 0 Å². The van der Waals surface area contributed by atoms with E-state index in [9.17, 15) is 5.11 Å². The predicted octanol–water partition coefficient (Wildman–Crippen LogP) is 3.27. The molecule has 0 aliphatic carbocycles. The lowest BCUT2D eigenvalue weighted by Crippen LogP contribution is -2.26. The van der Waals surface area contributed by atoms with Crippen LogP contribution in [0.25, 0.3) is 11.0 Å². The van der Waals surface area contributed by atoms with Crippen molar-refractivity contribution in [1.82, 2.24) is 9.13 Å². The molecule has 3 rings (SSSR count). The molecule has 0 aliphatic heterocycles. The van der Waals surface area contributed by atoms with Crippen molar-refractivity contribution in [2.24, 2.45) is 0 Å². The lowest BCUT2D eigenvalue weighted by Gasteiger charge is -2.06. The molecule has 114 valence electrons. The van der Waals surface area contributed by atoms with Gasteiger partial charge in [0.05, 0.1) is 34.2 Å². The number of benzene rings is 2. The Bertz CT molecular complexity index is 883. The number of fused-ring (bicyclic) bond motifs is 1. The third-order valence-corrected chi connectivity index (χ3v) is 4.36. The maximum atomic E-state index is 9.22. The number of rotatable bonds is 4. The van der Waals surface area contributed by atoms with E-state index in [2.05, 4.69) is 0 Å². The van der Waals surface area contributed by atoms with Gasteiger partial charge in [-0.2, -0.15) is 0 Å².